The molecular weight excluding hydrogens is 188 g/mol. The molecule has 1 rings (SSSR count). The molecule has 0 unspecified atom stereocenters. The Morgan fingerprint density at radius 3 is 2.53 bits per heavy atom. The third-order valence-electron chi connectivity index (χ3n) is 3.03. The van der Waals surface area contributed by atoms with E-state index in [1.807, 2.05) is 0 Å². The van der Waals surface area contributed by atoms with Crippen molar-refractivity contribution < 1.29 is 4.79 Å². The smallest absolute Gasteiger partial charge is 0.220 e. The molecule has 1 saturated carbocycles. The van der Waals surface area contributed by atoms with E-state index in [4.69, 9.17) is 0 Å². The third-order valence-corrected chi connectivity index (χ3v) is 3.03. The Hall–Kier alpha value is -0.570. The Balaban J connectivity index is 2.03. The largest absolute Gasteiger partial charge is 0.351 e. The number of hydrogen-bond acceptors (Lipinski definition) is 2. The highest BCUT2D eigenvalue weighted by Crippen LogP contribution is 2.30. The first kappa shape index (κ1) is 12.5. The Bertz CT molecular complexity index is 210. The van der Waals surface area contributed by atoms with Gasteiger partial charge in [-0.1, -0.05) is 13.8 Å². The van der Waals surface area contributed by atoms with Crippen LogP contribution in [-0.2, 0) is 4.79 Å². The van der Waals surface area contributed by atoms with Crippen molar-refractivity contribution in [1.29, 1.82) is 0 Å². The Labute approximate surface area is 93.0 Å². The van der Waals surface area contributed by atoms with Gasteiger partial charge in [-0.2, -0.15) is 0 Å². The third kappa shape index (κ3) is 4.65. The molecule has 0 spiro atoms. The molecule has 0 atom stereocenters. The van der Waals surface area contributed by atoms with Crippen LogP contribution in [0, 0.1) is 0 Å². The number of hydrogen-bond donors (Lipinski definition) is 2. The van der Waals surface area contributed by atoms with Crippen LogP contribution in [0.3, 0.4) is 0 Å². The predicted octanol–water partition coefficient (Wildman–Crippen LogP) is 1.82. The standard InChI is InChI=1S/C12H24N2O/c1-10(2)13-9-4-6-11(15)14-12(3)7-5-8-12/h10,13H,4-9H2,1-3H3,(H,14,15). The van der Waals surface area contributed by atoms with E-state index in [9.17, 15) is 4.79 Å². The number of carbonyl (C=O) groups excluding carboxylic acids is 1. The van der Waals surface area contributed by atoms with Crippen LogP contribution in [0.4, 0.5) is 0 Å². The fourth-order valence-corrected chi connectivity index (χ4v) is 1.87. The highest BCUT2D eigenvalue weighted by Gasteiger charge is 2.32. The summed E-state index contributed by atoms with van der Waals surface area (Å²) >= 11 is 0. The number of rotatable bonds is 6. The van der Waals surface area contributed by atoms with Crippen LogP contribution in [0.1, 0.15) is 52.9 Å². The zero-order valence-corrected chi connectivity index (χ0v) is 10.2. The number of nitrogens with one attached hydrogen (secondary N) is 2. The van der Waals surface area contributed by atoms with Crippen molar-refractivity contribution in [2.24, 2.45) is 0 Å². The summed E-state index contributed by atoms with van der Waals surface area (Å²) in [6.45, 7) is 7.31. The van der Waals surface area contributed by atoms with Crippen molar-refractivity contribution in [3.63, 3.8) is 0 Å². The monoisotopic (exact) mass is 212 g/mol. The summed E-state index contributed by atoms with van der Waals surface area (Å²) in [5.74, 6) is 0.211. The van der Waals surface area contributed by atoms with Gasteiger partial charge in [0, 0.05) is 18.0 Å². The van der Waals surface area contributed by atoms with Crippen molar-refractivity contribution >= 4 is 5.91 Å². The second-order valence-electron chi connectivity index (χ2n) is 5.17. The molecule has 15 heavy (non-hydrogen) atoms. The molecule has 0 aromatic rings. The van der Waals surface area contributed by atoms with Crippen molar-refractivity contribution in [3.05, 3.63) is 0 Å². The van der Waals surface area contributed by atoms with E-state index < -0.39 is 0 Å². The van der Waals surface area contributed by atoms with E-state index in [1.165, 1.54) is 6.42 Å². The maximum atomic E-state index is 11.6. The number of carbonyl (C=O) groups is 1. The van der Waals surface area contributed by atoms with Gasteiger partial charge in [-0.15, -0.1) is 0 Å². The van der Waals surface area contributed by atoms with Gasteiger partial charge >= 0.3 is 0 Å². The van der Waals surface area contributed by atoms with Gasteiger partial charge in [-0.3, -0.25) is 4.79 Å². The van der Waals surface area contributed by atoms with Gasteiger partial charge in [0.15, 0.2) is 0 Å². The van der Waals surface area contributed by atoms with Gasteiger partial charge in [0.25, 0.3) is 0 Å². The van der Waals surface area contributed by atoms with Crippen molar-refractivity contribution in [2.75, 3.05) is 6.54 Å². The highest BCUT2D eigenvalue weighted by atomic mass is 16.1. The second-order valence-corrected chi connectivity index (χ2v) is 5.17. The molecule has 1 amide bonds. The van der Waals surface area contributed by atoms with E-state index in [2.05, 4.69) is 31.4 Å². The molecule has 0 radical (unpaired) electrons. The zero-order valence-electron chi connectivity index (χ0n) is 10.2. The fraction of sp³-hybridized carbons (Fsp3) is 0.917. The topological polar surface area (TPSA) is 41.1 Å². The molecule has 3 nitrogen and oxygen atoms in total. The molecule has 1 aliphatic rings. The Kier molecular flexibility index (Phi) is 4.58. The molecule has 88 valence electrons. The van der Waals surface area contributed by atoms with E-state index in [1.54, 1.807) is 0 Å². The predicted molar refractivity (Wildman–Crippen MR) is 62.8 cm³/mol. The molecule has 0 saturated heterocycles. The highest BCUT2D eigenvalue weighted by molar-refractivity contribution is 5.76. The lowest BCUT2D eigenvalue weighted by Gasteiger charge is -2.39. The van der Waals surface area contributed by atoms with Crippen LogP contribution in [0.15, 0.2) is 0 Å². The summed E-state index contributed by atoms with van der Waals surface area (Å²) < 4.78 is 0. The van der Waals surface area contributed by atoms with Crippen molar-refractivity contribution in [2.45, 2.75) is 64.5 Å². The van der Waals surface area contributed by atoms with E-state index >= 15 is 0 Å². The van der Waals surface area contributed by atoms with Gasteiger partial charge < -0.3 is 10.6 Å². The summed E-state index contributed by atoms with van der Waals surface area (Å²) in [6, 6.07) is 0.511. The molecule has 2 N–H and O–H groups in total. The Morgan fingerprint density at radius 1 is 1.40 bits per heavy atom. The van der Waals surface area contributed by atoms with Crippen LogP contribution >= 0.6 is 0 Å². The summed E-state index contributed by atoms with van der Waals surface area (Å²) in [7, 11) is 0. The van der Waals surface area contributed by atoms with Gasteiger partial charge in [-0.05, 0) is 39.2 Å². The zero-order chi connectivity index (χ0) is 11.3. The van der Waals surface area contributed by atoms with E-state index in [0.717, 1.165) is 25.8 Å². The lowest BCUT2D eigenvalue weighted by Crippen LogP contribution is -2.50. The minimum absolute atomic E-state index is 0.114. The van der Waals surface area contributed by atoms with Gasteiger partial charge in [0.05, 0.1) is 0 Å². The molecule has 0 aromatic heterocycles. The maximum absolute atomic E-state index is 11.6. The molecular formula is C12H24N2O. The molecule has 1 aliphatic carbocycles. The minimum Gasteiger partial charge on any atom is -0.351 e. The average Bonchev–Trinajstić information content (AvgIpc) is 2.09. The minimum atomic E-state index is 0.114. The van der Waals surface area contributed by atoms with E-state index in [-0.39, 0.29) is 11.4 Å². The molecule has 0 heterocycles. The second kappa shape index (κ2) is 5.50. The first-order valence-electron chi connectivity index (χ1n) is 6.06. The van der Waals surface area contributed by atoms with Gasteiger partial charge in [0.1, 0.15) is 0 Å². The lowest BCUT2D eigenvalue weighted by atomic mass is 9.78. The first-order chi connectivity index (χ1) is 7.02. The van der Waals surface area contributed by atoms with Crippen LogP contribution in [0.25, 0.3) is 0 Å². The molecule has 0 aromatic carbocycles. The lowest BCUT2D eigenvalue weighted by molar-refractivity contribution is -0.123. The molecule has 1 fully saturated rings. The van der Waals surface area contributed by atoms with Crippen molar-refractivity contribution in [1.82, 2.24) is 10.6 Å². The quantitative estimate of drug-likeness (QED) is 0.659. The fourth-order valence-electron chi connectivity index (χ4n) is 1.87. The summed E-state index contributed by atoms with van der Waals surface area (Å²) in [6.07, 6.45) is 5.12. The maximum Gasteiger partial charge on any atom is 0.220 e. The van der Waals surface area contributed by atoms with Crippen LogP contribution in [0.2, 0.25) is 0 Å². The SMILES string of the molecule is CC(C)NCCCC(=O)NC1(C)CCC1. The molecule has 0 aliphatic heterocycles. The summed E-state index contributed by atoms with van der Waals surface area (Å²) in [5.41, 5.74) is 0.114. The van der Waals surface area contributed by atoms with Crippen LogP contribution < -0.4 is 10.6 Å². The normalized spacial score (nSPS) is 18.7. The van der Waals surface area contributed by atoms with E-state index in [0.29, 0.717) is 12.5 Å². The van der Waals surface area contributed by atoms with Crippen LogP contribution in [0.5, 0.6) is 0 Å². The summed E-state index contributed by atoms with van der Waals surface area (Å²) in [4.78, 5) is 11.6. The molecule has 3 heteroatoms. The Morgan fingerprint density at radius 2 is 2.07 bits per heavy atom. The summed E-state index contributed by atoms with van der Waals surface area (Å²) in [5, 5.41) is 6.43. The van der Waals surface area contributed by atoms with Crippen LogP contribution in [-0.4, -0.2) is 24.0 Å². The van der Waals surface area contributed by atoms with Crippen molar-refractivity contribution in [3.8, 4) is 0 Å². The average molecular weight is 212 g/mol. The number of amides is 1. The molecule has 0 bridgehead atoms. The van der Waals surface area contributed by atoms with Gasteiger partial charge in [-0.25, -0.2) is 0 Å². The van der Waals surface area contributed by atoms with Gasteiger partial charge in [0.2, 0.25) is 5.91 Å². The first-order valence-corrected chi connectivity index (χ1v) is 6.06.